The van der Waals surface area contributed by atoms with Crippen LogP contribution in [0.5, 0.6) is 0 Å². The molecule has 0 unspecified atom stereocenters. The number of benzene rings is 1. The number of methoxy groups -OCH3 is 2. The number of nitrogens with zero attached hydrogens (tertiary/aromatic N) is 3. The van der Waals surface area contributed by atoms with Crippen molar-refractivity contribution in [2.24, 2.45) is 10.9 Å². The van der Waals surface area contributed by atoms with Crippen molar-refractivity contribution >= 4 is 49.2 Å². The third-order valence-corrected chi connectivity index (χ3v) is 8.08. The summed E-state index contributed by atoms with van der Waals surface area (Å²) in [7, 11) is -1.14. The largest absolute Gasteiger partial charge is 0.465 e. The van der Waals surface area contributed by atoms with E-state index in [4.69, 9.17) is 9.47 Å². The third-order valence-electron chi connectivity index (χ3n) is 5.67. The lowest BCUT2D eigenvalue weighted by Crippen LogP contribution is -2.41. The van der Waals surface area contributed by atoms with E-state index >= 15 is 0 Å². The molecule has 1 aliphatic rings. The number of hydrogen-bond acceptors (Lipinski definition) is 8. The van der Waals surface area contributed by atoms with Gasteiger partial charge in [-0.15, -0.1) is 0 Å². The lowest BCUT2D eigenvalue weighted by atomic mass is 9.99. The third kappa shape index (κ3) is 6.51. The van der Waals surface area contributed by atoms with Gasteiger partial charge in [0, 0.05) is 26.7 Å². The van der Waals surface area contributed by atoms with E-state index in [-0.39, 0.29) is 4.80 Å². The van der Waals surface area contributed by atoms with Gasteiger partial charge in [0.2, 0.25) is 5.91 Å². The van der Waals surface area contributed by atoms with Crippen LogP contribution in [0.15, 0.2) is 23.2 Å². The smallest absolute Gasteiger partial charge is 0.337 e. The quantitative estimate of drug-likeness (QED) is 0.488. The molecule has 0 spiro atoms. The number of fused-ring (bicyclic) bond motifs is 1. The molecule has 186 valence electrons. The molecular formula is C22H29N3O7S2. The van der Waals surface area contributed by atoms with Gasteiger partial charge in [0.15, 0.2) is 14.6 Å². The van der Waals surface area contributed by atoms with Crippen LogP contribution in [-0.2, 0) is 35.4 Å². The van der Waals surface area contributed by atoms with Gasteiger partial charge in [-0.2, -0.15) is 4.99 Å². The maximum atomic E-state index is 12.6. The number of hydrogen-bond donors (Lipinski definition) is 0. The fraction of sp³-hybridized carbons (Fsp3) is 0.545. The minimum Gasteiger partial charge on any atom is -0.465 e. The molecular weight excluding hydrogens is 482 g/mol. The SMILES string of the molecule is COCCn1c(=NC(=O)CS(=O)(=O)CC(=O)N2CCC(C)CC2)sc2cc(C(=O)OC)ccc21. The number of ether oxygens (including phenoxy) is 2. The number of carbonyl (C=O) groups excluding carboxylic acids is 3. The molecule has 10 nitrogen and oxygen atoms in total. The normalized spacial score (nSPS) is 15.6. The zero-order chi connectivity index (χ0) is 24.9. The molecule has 0 saturated carbocycles. The lowest BCUT2D eigenvalue weighted by molar-refractivity contribution is -0.129. The molecule has 1 saturated heterocycles. The molecule has 2 amide bonds. The maximum absolute atomic E-state index is 12.6. The van der Waals surface area contributed by atoms with Crippen molar-refractivity contribution in [2.45, 2.75) is 26.3 Å². The van der Waals surface area contributed by atoms with Crippen LogP contribution in [0, 0.1) is 5.92 Å². The van der Waals surface area contributed by atoms with Crippen LogP contribution < -0.4 is 4.80 Å². The molecule has 12 heteroatoms. The standard InChI is InChI=1S/C22H29N3O7S2/c1-15-6-8-24(9-7-15)20(27)14-34(29,30)13-19(26)23-22-25(10-11-31-2)17-5-4-16(21(28)32-3)12-18(17)33-22/h4-5,12,15H,6-11,13-14H2,1-3H3. The molecule has 0 atom stereocenters. The van der Waals surface area contributed by atoms with Gasteiger partial charge in [0.25, 0.3) is 5.91 Å². The summed E-state index contributed by atoms with van der Waals surface area (Å²) in [4.78, 5) is 42.7. The summed E-state index contributed by atoms with van der Waals surface area (Å²) >= 11 is 1.15. The first-order valence-electron chi connectivity index (χ1n) is 10.9. The van der Waals surface area contributed by atoms with E-state index < -0.39 is 39.1 Å². The molecule has 0 radical (unpaired) electrons. The molecule has 1 aliphatic heterocycles. The summed E-state index contributed by atoms with van der Waals surface area (Å²) < 4.78 is 37.4. The molecule has 2 aromatic rings. The highest BCUT2D eigenvalue weighted by molar-refractivity contribution is 7.92. The van der Waals surface area contributed by atoms with E-state index in [1.54, 1.807) is 34.8 Å². The van der Waals surface area contributed by atoms with E-state index in [1.165, 1.54) is 7.11 Å². The van der Waals surface area contributed by atoms with Gasteiger partial charge in [-0.25, -0.2) is 13.2 Å². The summed E-state index contributed by atoms with van der Waals surface area (Å²) in [5.41, 5.74) is 1.07. The fourth-order valence-corrected chi connectivity index (χ4v) is 5.93. The average molecular weight is 512 g/mol. The summed E-state index contributed by atoms with van der Waals surface area (Å²) in [6, 6.07) is 4.95. The van der Waals surface area contributed by atoms with Crippen molar-refractivity contribution < 1.29 is 32.3 Å². The Bertz CT molecular complexity index is 1240. The van der Waals surface area contributed by atoms with E-state index in [0.717, 1.165) is 29.7 Å². The van der Waals surface area contributed by atoms with Crippen molar-refractivity contribution in [1.82, 2.24) is 9.47 Å². The Hall–Kier alpha value is -2.57. The number of likely N-dealkylation sites (tertiary alicyclic amines) is 1. The first-order chi connectivity index (χ1) is 16.1. The molecule has 3 rings (SSSR count). The lowest BCUT2D eigenvalue weighted by Gasteiger charge is -2.30. The predicted octanol–water partition coefficient (Wildman–Crippen LogP) is 1.24. The second kappa shape index (κ2) is 11.2. The molecule has 0 bridgehead atoms. The Kier molecular flexibility index (Phi) is 8.61. The molecule has 1 fully saturated rings. The summed E-state index contributed by atoms with van der Waals surface area (Å²) in [5, 5.41) is 0. The number of piperidine rings is 1. The predicted molar refractivity (Wildman–Crippen MR) is 127 cm³/mol. The van der Waals surface area contributed by atoms with E-state index in [9.17, 15) is 22.8 Å². The second-order valence-corrected chi connectivity index (χ2v) is 11.4. The number of rotatable bonds is 8. The van der Waals surface area contributed by atoms with Crippen LogP contribution in [0.4, 0.5) is 0 Å². The zero-order valence-electron chi connectivity index (χ0n) is 19.5. The van der Waals surface area contributed by atoms with Gasteiger partial charge in [-0.1, -0.05) is 18.3 Å². The number of esters is 1. The first kappa shape index (κ1) is 26.0. The van der Waals surface area contributed by atoms with E-state index in [0.29, 0.717) is 42.4 Å². The first-order valence-corrected chi connectivity index (χ1v) is 13.5. The number of carbonyl (C=O) groups is 3. The maximum Gasteiger partial charge on any atom is 0.337 e. The number of amides is 2. The van der Waals surface area contributed by atoms with Gasteiger partial charge >= 0.3 is 5.97 Å². The Morgan fingerprint density at radius 1 is 1.15 bits per heavy atom. The van der Waals surface area contributed by atoms with Crippen LogP contribution in [-0.4, -0.2) is 81.1 Å². The Balaban J connectivity index is 1.81. The highest BCUT2D eigenvalue weighted by Gasteiger charge is 2.26. The van der Waals surface area contributed by atoms with Crippen LogP contribution in [0.2, 0.25) is 0 Å². The van der Waals surface area contributed by atoms with E-state index in [2.05, 4.69) is 11.9 Å². The van der Waals surface area contributed by atoms with Gasteiger partial charge in [-0.3, -0.25) is 9.59 Å². The fourth-order valence-electron chi connectivity index (χ4n) is 3.72. The van der Waals surface area contributed by atoms with Crippen molar-refractivity contribution in [3.05, 3.63) is 28.6 Å². The second-order valence-electron chi connectivity index (χ2n) is 8.30. The number of aromatic nitrogens is 1. The Labute approximate surface area is 202 Å². The van der Waals surface area contributed by atoms with Gasteiger partial charge in [0.05, 0.1) is 29.5 Å². The van der Waals surface area contributed by atoms with Crippen LogP contribution in [0.1, 0.15) is 30.1 Å². The topological polar surface area (TPSA) is 124 Å². The molecule has 1 aromatic heterocycles. The highest BCUT2D eigenvalue weighted by Crippen LogP contribution is 2.20. The van der Waals surface area contributed by atoms with Crippen LogP contribution in [0.3, 0.4) is 0 Å². The van der Waals surface area contributed by atoms with Crippen molar-refractivity contribution in [2.75, 3.05) is 45.4 Å². The van der Waals surface area contributed by atoms with Gasteiger partial charge < -0.3 is 18.9 Å². The monoisotopic (exact) mass is 511 g/mol. The number of thiazole rings is 1. The molecule has 2 heterocycles. The molecule has 34 heavy (non-hydrogen) atoms. The van der Waals surface area contributed by atoms with Gasteiger partial charge in [-0.05, 0) is 37.0 Å². The minimum absolute atomic E-state index is 0.283. The van der Waals surface area contributed by atoms with Gasteiger partial charge in [0.1, 0.15) is 11.5 Å². The highest BCUT2D eigenvalue weighted by atomic mass is 32.2. The summed E-state index contributed by atoms with van der Waals surface area (Å²) in [5.74, 6) is -2.88. The summed E-state index contributed by atoms with van der Waals surface area (Å²) in [6.45, 7) is 3.87. The molecule has 0 aliphatic carbocycles. The van der Waals surface area contributed by atoms with Crippen molar-refractivity contribution in [3.63, 3.8) is 0 Å². The molecule has 0 N–H and O–H groups in total. The van der Waals surface area contributed by atoms with E-state index in [1.807, 2.05) is 0 Å². The van der Waals surface area contributed by atoms with Crippen LogP contribution in [0.25, 0.3) is 10.2 Å². The van der Waals surface area contributed by atoms with Crippen LogP contribution >= 0.6 is 11.3 Å². The molecule has 1 aromatic carbocycles. The Morgan fingerprint density at radius 2 is 1.85 bits per heavy atom. The Morgan fingerprint density at radius 3 is 2.50 bits per heavy atom. The number of sulfone groups is 1. The average Bonchev–Trinajstić information content (AvgIpc) is 3.12. The summed E-state index contributed by atoms with van der Waals surface area (Å²) in [6.07, 6.45) is 1.68. The minimum atomic E-state index is -3.97. The van der Waals surface area contributed by atoms with Crippen molar-refractivity contribution in [3.8, 4) is 0 Å². The van der Waals surface area contributed by atoms with Crippen molar-refractivity contribution in [1.29, 1.82) is 0 Å². The zero-order valence-corrected chi connectivity index (χ0v) is 21.1.